The Morgan fingerprint density at radius 3 is 0.803 bits per heavy atom. The molecule has 662 valence electrons. The SMILES string of the molecule is Cc1ccc(-c2c3ccccc3c(-c3ccc(-c4cccc5c4oc4c6ccccc6ccc54)nc3)c3ccccc23)cc1.c1ccc(-c2ccc(-c3c4ccccc4c(-c4ccc(-c5ccc6c(c5)oc5c7ccccc7ccc65)nc4)c4ccccc34)cc2)cc1.c1ccc(-c2ccc(-c3c4ccccc4c(-c4ccc(-c5ccc6oc7c8ccccc8ccc7c6c5)nc4)c4ccccc34)cc2)cc1. The fourth-order valence-electron chi connectivity index (χ4n) is 22.1. The van der Waals surface area contributed by atoms with Gasteiger partial charge in [-0.25, -0.2) is 0 Å². The number of para-hydroxylation sites is 1. The van der Waals surface area contributed by atoms with Gasteiger partial charge < -0.3 is 13.3 Å². The lowest BCUT2D eigenvalue weighted by Gasteiger charge is -2.18. The van der Waals surface area contributed by atoms with Gasteiger partial charge in [-0.3, -0.25) is 15.0 Å². The molecule has 0 unspecified atom stereocenters. The van der Waals surface area contributed by atoms with Gasteiger partial charge in [-0.15, -0.1) is 0 Å². The number of hydrogen-bond acceptors (Lipinski definition) is 6. The van der Waals surface area contributed by atoms with Crippen molar-refractivity contribution in [2.24, 2.45) is 0 Å². The Labute approximate surface area is 818 Å². The minimum atomic E-state index is 0.873. The van der Waals surface area contributed by atoms with Gasteiger partial charge in [-0.2, -0.15) is 0 Å². The zero-order chi connectivity index (χ0) is 93.8. The van der Waals surface area contributed by atoms with E-state index in [-0.39, 0.29) is 0 Å². The molecule has 6 heteroatoms. The lowest BCUT2D eigenvalue weighted by Crippen LogP contribution is -1.92. The van der Waals surface area contributed by atoms with E-state index in [2.05, 4.69) is 486 Å². The fourth-order valence-corrected chi connectivity index (χ4v) is 22.1. The first-order valence-corrected chi connectivity index (χ1v) is 48.5. The van der Waals surface area contributed by atoms with E-state index in [1.807, 2.05) is 18.6 Å². The predicted octanol–water partition coefficient (Wildman–Crippen LogP) is 38.0. The molecule has 142 heavy (non-hydrogen) atoms. The largest absolute Gasteiger partial charge is 0.455 e. The summed E-state index contributed by atoms with van der Waals surface area (Å²) in [6.45, 7) is 2.14. The lowest BCUT2D eigenvalue weighted by molar-refractivity contribution is 0.672. The van der Waals surface area contributed by atoms with Crippen molar-refractivity contribution in [1.82, 2.24) is 15.0 Å². The van der Waals surface area contributed by atoms with E-state index in [4.69, 9.17) is 28.2 Å². The van der Waals surface area contributed by atoms with Gasteiger partial charge in [-0.05, 0) is 233 Å². The number of rotatable bonds is 11. The van der Waals surface area contributed by atoms with Crippen LogP contribution in [0.15, 0.2) is 511 Å². The third-order valence-corrected chi connectivity index (χ3v) is 28.8. The maximum Gasteiger partial charge on any atom is 0.144 e. The van der Waals surface area contributed by atoms with Gasteiger partial charge in [0.2, 0.25) is 0 Å². The quantitative estimate of drug-likeness (QED) is 0.120. The smallest absolute Gasteiger partial charge is 0.144 e. The van der Waals surface area contributed by atoms with Crippen molar-refractivity contribution in [3.63, 3.8) is 0 Å². The van der Waals surface area contributed by atoms with Crippen LogP contribution >= 0.6 is 0 Å². The Morgan fingerprint density at radius 1 is 0.148 bits per heavy atom. The Morgan fingerprint density at radius 2 is 0.415 bits per heavy atom. The van der Waals surface area contributed by atoms with Crippen molar-refractivity contribution in [1.29, 1.82) is 0 Å². The van der Waals surface area contributed by atoms with E-state index < -0.39 is 0 Å². The summed E-state index contributed by atoms with van der Waals surface area (Å²) in [5.74, 6) is 0. The molecule has 0 aliphatic heterocycles. The van der Waals surface area contributed by atoms with Crippen LogP contribution in [0.1, 0.15) is 5.56 Å². The van der Waals surface area contributed by atoms with Crippen molar-refractivity contribution in [3.8, 4) is 123 Å². The molecule has 0 N–H and O–H groups in total. The summed E-state index contributed by atoms with van der Waals surface area (Å²) in [5.41, 5.74) is 31.8. The van der Waals surface area contributed by atoms with Gasteiger partial charge in [0, 0.05) is 100 Å². The Balaban J connectivity index is 0.000000107. The normalized spacial score (nSPS) is 11.7. The third kappa shape index (κ3) is 14.2. The molecule has 6 heterocycles. The van der Waals surface area contributed by atoms with Gasteiger partial charge >= 0.3 is 0 Å². The highest BCUT2D eigenvalue weighted by Crippen LogP contribution is 2.51. The first kappa shape index (κ1) is 82.7. The number of fused-ring (bicyclic) bond motifs is 21. The van der Waals surface area contributed by atoms with Crippen LogP contribution in [0, 0.1) is 6.92 Å². The van der Waals surface area contributed by atoms with Gasteiger partial charge in [-0.1, -0.05) is 412 Å². The van der Waals surface area contributed by atoms with E-state index >= 15 is 0 Å². The zero-order valence-corrected chi connectivity index (χ0v) is 77.4. The summed E-state index contributed by atoms with van der Waals surface area (Å²) in [4.78, 5) is 15.1. The number of aryl methyl sites for hydroxylation is 1. The molecule has 29 aromatic rings. The van der Waals surface area contributed by atoms with Gasteiger partial charge in [0.1, 0.15) is 33.5 Å². The number of nitrogens with zero attached hydrogens (tertiary/aromatic N) is 3. The lowest BCUT2D eigenvalue weighted by atomic mass is 9.86. The average Bonchev–Trinajstić information content (AvgIpc) is 1.03. The topological polar surface area (TPSA) is 78.1 Å². The van der Waals surface area contributed by atoms with Crippen LogP contribution in [0.5, 0.6) is 0 Å². The molecule has 6 nitrogen and oxygen atoms in total. The van der Waals surface area contributed by atoms with Crippen LogP contribution in [-0.4, -0.2) is 15.0 Å². The van der Waals surface area contributed by atoms with Crippen molar-refractivity contribution < 1.29 is 13.3 Å². The first-order valence-electron chi connectivity index (χ1n) is 48.5. The van der Waals surface area contributed by atoms with Crippen LogP contribution in [0.2, 0.25) is 0 Å². The average molecular weight is 1810 g/mol. The van der Waals surface area contributed by atoms with Crippen LogP contribution in [0.4, 0.5) is 0 Å². The summed E-state index contributed by atoms with van der Waals surface area (Å²) in [7, 11) is 0. The van der Waals surface area contributed by atoms with Crippen LogP contribution in [-0.2, 0) is 0 Å². The highest BCUT2D eigenvalue weighted by molar-refractivity contribution is 6.26. The fraction of sp³-hybridized carbons (Fsp3) is 0.00735. The Bertz CT molecular complexity index is 9850. The number of benzene rings is 23. The zero-order valence-electron chi connectivity index (χ0n) is 77.4. The molecule has 0 aliphatic carbocycles. The molecule has 0 saturated carbocycles. The molecule has 0 spiro atoms. The molecule has 0 fully saturated rings. The molecule has 6 aromatic heterocycles. The van der Waals surface area contributed by atoms with E-state index in [1.54, 1.807) is 0 Å². The molecule has 0 atom stereocenters. The second-order valence-electron chi connectivity index (χ2n) is 37.0. The molecule has 0 radical (unpaired) electrons. The van der Waals surface area contributed by atoms with E-state index in [0.29, 0.717) is 0 Å². The van der Waals surface area contributed by atoms with Gasteiger partial charge in [0.15, 0.2) is 0 Å². The molecular formula is C136H85N3O3. The number of hydrogen-bond donors (Lipinski definition) is 0. The van der Waals surface area contributed by atoms with E-state index in [1.165, 1.54) is 159 Å². The van der Waals surface area contributed by atoms with Crippen LogP contribution < -0.4 is 0 Å². The molecule has 0 amide bonds. The number of aromatic nitrogens is 3. The second-order valence-corrected chi connectivity index (χ2v) is 37.0. The highest BCUT2D eigenvalue weighted by atomic mass is 16.3. The molecule has 29 rings (SSSR count). The van der Waals surface area contributed by atoms with Crippen molar-refractivity contribution in [2.45, 2.75) is 6.92 Å². The van der Waals surface area contributed by atoms with Crippen LogP contribution in [0.3, 0.4) is 0 Å². The van der Waals surface area contributed by atoms with Crippen molar-refractivity contribution >= 4 is 163 Å². The molecule has 23 aromatic carbocycles. The summed E-state index contributed by atoms with van der Waals surface area (Å²) in [5, 5.41) is 28.4. The second kappa shape index (κ2) is 34.5. The summed E-state index contributed by atoms with van der Waals surface area (Å²) in [6, 6.07) is 171. The Kier molecular flexibility index (Phi) is 20.1. The van der Waals surface area contributed by atoms with Crippen LogP contribution in [0.25, 0.3) is 286 Å². The first-order chi connectivity index (χ1) is 70.3. The molecule has 0 bridgehead atoms. The maximum atomic E-state index is 6.60. The minimum Gasteiger partial charge on any atom is -0.455 e. The third-order valence-electron chi connectivity index (χ3n) is 28.8. The van der Waals surface area contributed by atoms with E-state index in [0.717, 1.165) is 132 Å². The summed E-state index contributed by atoms with van der Waals surface area (Å²) >= 11 is 0. The standard InChI is InChI=1S/2C47H29NO.C42H27NO/c1-2-10-30(11-3-1)31-18-20-33(21-19-31)45-38-14-6-8-16-40(38)46(41-17-9-7-15-39(41)45)35-24-27-43(48-29-35)34-23-25-37-42-26-22-32-12-4-5-13-36(32)47(42)49-44(37)28-34;1-2-10-30(11-3-1)31-18-20-33(21-19-31)45-37-14-6-8-16-39(37)46(40-17-9-7-15-38(40)45)35-23-26-43(48-29-35)34-24-27-44-42(28-34)41-25-22-32-12-4-5-13-36(32)47(41)49-44;1-26-17-19-28(20-18-26)39-31-11-4-6-13-33(31)40(34-14-7-5-12-32(34)39)29-22-24-38(43-25-29)37-16-8-15-35-36-23-21-27-9-2-3-10-30(27)41(36)44-42(35)37/h2*1-29H;2-25H,1H3. The number of furan rings is 3. The molecule has 0 saturated heterocycles. The molecule has 0 aliphatic rings. The Hall–Kier alpha value is -18.8. The summed E-state index contributed by atoms with van der Waals surface area (Å²) in [6.07, 6.45) is 6.07. The van der Waals surface area contributed by atoms with Gasteiger partial charge in [0.25, 0.3) is 0 Å². The predicted molar refractivity (Wildman–Crippen MR) is 597 cm³/mol. The van der Waals surface area contributed by atoms with Crippen molar-refractivity contribution in [3.05, 3.63) is 503 Å². The monoisotopic (exact) mass is 1810 g/mol. The molecular weight excluding hydrogens is 1720 g/mol. The maximum absolute atomic E-state index is 6.60. The van der Waals surface area contributed by atoms with Gasteiger partial charge in [0.05, 0.1) is 17.1 Å². The van der Waals surface area contributed by atoms with E-state index in [9.17, 15) is 0 Å². The van der Waals surface area contributed by atoms with Crippen molar-refractivity contribution in [2.75, 3.05) is 0 Å². The highest BCUT2D eigenvalue weighted by Gasteiger charge is 2.25. The number of pyridine rings is 3. The minimum absolute atomic E-state index is 0.873. The summed E-state index contributed by atoms with van der Waals surface area (Å²) < 4.78 is 19.4.